The highest BCUT2D eigenvalue weighted by atomic mass is 19.1. The second-order valence-electron chi connectivity index (χ2n) is 6.27. The van der Waals surface area contributed by atoms with E-state index in [0.29, 0.717) is 26.2 Å². The summed E-state index contributed by atoms with van der Waals surface area (Å²) in [6.45, 7) is 1.70. The SMILES string of the molecule is COc1ccc(C(=O)OCC(=O)N2CCN(c3ccc(F)cc3)CC2)cc1F. The van der Waals surface area contributed by atoms with Gasteiger partial charge in [0.1, 0.15) is 5.82 Å². The molecule has 1 aliphatic rings. The molecule has 0 aliphatic carbocycles. The van der Waals surface area contributed by atoms with Gasteiger partial charge in [-0.05, 0) is 42.5 Å². The Labute approximate surface area is 161 Å². The predicted octanol–water partition coefficient (Wildman–Crippen LogP) is 2.48. The van der Waals surface area contributed by atoms with E-state index in [9.17, 15) is 18.4 Å². The number of anilines is 1. The average Bonchev–Trinajstić information content (AvgIpc) is 2.72. The Morgan fingerprint density at radius 3 is 2.29 bits per heavy atom. The van der Waals surface area contributed by atoms with Crippen molar-refractivity contribution in [1.82, 2.24) is 4.90 Å². The van der Waals surface area contributed by atoms with Crippen LogP contribution in [0.25, 0.3) is 0 Å². The molecule has 0 radical (unpaired) electrons. The van der Waals surface area contributed by atoms with Gasteiger partial charge < -0.3 is 19.3 Å². The van der Waals surface area contributed by atoms with Gasteiger partial charge in [0.15, 0.2) is 18.2 Å². The molecule has 1 heterocycles. The quantitative estimate of drug-likeness (QED) is 0.735. The molecule has 2 aromatic carbocycles. The van der Waals surface area contributed by atoms with E-state index in [1.165, 1.54) is 31.4 Å². The van der Waals surface area contributed by atoms with E-state index in [4.69, 9.17) is 9.47 Å². The fraction of sp³-hybridized carbons (Fsp3) is 0.300. The molecule has 1 amide bonds. The maximum atomic E-state index is 13.7. The van der Waals surface area contributed by atoms with Crippen molar-refractivity contribution in [2.45, 2.75) is 0 Å². The lowest BCUT2D eigenvalue weighted by atomic mass is 10.2. The maximum Gasteiger partial charge on any atom is 0.338 e. The summed E-state index contributed by atoms with van der Waals surface area (Å²) in [5, 5.41) is 0. The van der Waals surface area contributed by atoms with Crippen molar-refractivity contribution in [3.8, 4) is 5.75 Å². The Morgan fingerprint density at radius 2 is 1.68 bits per heavy atom. The van der Waals surface area contributed by atoms with Gasteiger partial charge in [-0.3, -0.25) is 4.79 Å². The largest absolute Gasteiger partial charge is 0.494 e. The number of rotatable bonds is 5. The standard InChI is InChI=1S/C20H20F2N2O4/c1-27-18-7-2-14(12-17(18)22)20(26)28-13-19(25)24-10-8-23(9-11-24)16-5-3-15(21)4-6-16/h2-7,12H,8-11,13H2,1H3. The molecule has 0 spiro atoms. The number of carbonyl (C=O) groups excluding carboxylic acids is 2. The van der Waals surface area contributed by atoms with E-state index in [2.05, 4.69) is 4.90 Å². The van der Waals surface area contributed by atoms with Gasteiger partial charge in [-0.25, -0.2) is 13.6 Å². The summed E-state index contributed by atoms with van der Waals surface area (Å²) < 4.78 is 36.5. The lowest BCUT2D eigenvalue weighted by molar-refractivity contribution is -0.134. The highest BCUT2D eigenvalue weighted by Gasteiger charge is 2.22. The third-order valence-corrected chi connectivity index (χ3v) is 4.54. The van der Waals surface area contributed by atoms with Gasteiger partial charge >= 0.3 is 5.97 Å². The summed E-state index contributed by atoms with van der Waals surface area (Å²) in [5.41, 5.74) is 0.897. The summed E-state index contributed by atoms with van der Waals surface area (Å²) in [5.74, 6) is -2.05. The van der Waals surface area contributed by atoms with E-state index in [-0.39, 0.29) is 23.0 Å². The number of hydrogen-bond donors (Lipinski definition) is 0. The third-order valence-electron chi connectivity index (χ3n) is 4.54. The Balaban J connectivity index is 1.48. The number of halogens is 2. The van der Waals surface area contributed by atoms with Crippen molar-refractivity contribution in [2.24, 2.45) is 0 Å². The van der Waals surface area contributed by atoms with Crippen LogP contribution in [0.3, 0.4) is 0 Å². The Hall–Kier alpha value is -3.16. The zero-order chi connectivity index (χ0) is 20.1. The molecule has 1 aliphatic heterocycles. The molecule has 0 aromatic heterocycles. The molecule has 0 N–H and O–H groups in total. The number of ether oxygens (including phenoxy) is 2. The molecular formula is C20H20F2N2O4. The molecule has 6 nitrogen and oxygen atoms in total. The monoisotopic (exact) mass is 390 g/mol. The first-order chi connectivity index (χ1) is 13.5. The van der Waals surface area contributed by atoms with E-state index >= 15 is 0 Å². The van der Waals surface area contributed by atoms with Crippen molar-refractivity contribution in [2.75, 3.05) is 44.8 Å². The average molecular weight is 390 g/mol. The number of carbonyl (C=O) groups is 2. The number of methoxy groups -OCH3 is 1. The van der Waals surface area contributed by atoms with Gasteiger partial charge in [0, 0.05) is 31.9 Å². The van der Waals surface area contributed by atoms with Gasteiger partial charge in [-0.2, -0.15) is 0 Å². The third kappa shape index (κ3) is 4.57. The first-order valence-electron chi connectivity index (χ1n) is 8.77. The zero-order valence-electron chi connectivity index (χ0n) is 15.4. The summed E-state index contributed by atoms with van der Waals surface area (Å²) in [6.07, 6.45) is 0. The van der Waals surface area contributed by atoms with Crippen molar-refractivity contribution in [1.29, 1.82) is 0 Å². The van der Waals surface area contributed by atoms with Crippen molar-refractivity contribution in [3.63, 3.8) is 0 Å². The van der Waals surface area contributed by atoms with E-state index in [1.54, 1.807) is 17.0 Å². The molecule has 1 fully saturated rings. The molecule has 0 bridgehead atoms. The van der Waals surface area contributed by atoms with Crippen LogP contribution in [-0.4, -0.2) is 56.7 Å². The summed E-state index contributed by atoms with van der Waals surface area (Å²) in [6, 6.07) is 9.89. The molecule has 8 heteroatoms. The van der Waals surface area contributed by atoms with Gasteiger partial charge in [0.25, 0.3) is 5.91 Å². The first-order valence-corrected chi connectivity index (χ1v) is 8.77. The van der Waals surface area contributed by atoms with Crippen LogP contribution < -0.4 is 9.64 Å². The molecule has 0 atom stereocenters. The second kappa shape index (κ2) is 8.69. The van der Waals surface area contributed by atoms with Crippen LogP contribution in [0.4, 0.5) is 14.5 Å². The number of benzene rings is 2. The zero-order valence-corrected chi connectivity index (χ0v) is 15.4. The Kier molecular flexibility index (Phi) is 6.08. The fourth-order valence-electron chi connectivity index (χ4n) is 2.96. The fourth-order valence-corrected chi connectivity index (χ4v) is 2.96. The summed E-state index contributed by atoms with van der Waals surface area (Å²) in [7, 11) is 1.32. The number of esters is 1. The van der Waals surface area contributed by atoms with Crippen LogP contribution >= 0.6 is 0 Å². The van der Waals surface area contributed by atoms with Crippen LogP contribution in [0.2, 0.25) is 0 Å². The highest BCUT2D eigenvalue weighted by molar-refractivity contribution is 5.91. The first kappa shape index (κ1) is 19.6. The molecule has 0 unspecified atom stereocenters. The van der Waals surface area contributed by atoms with Crippen LogP contribution in [0.15, 0.2) is 42.5 Å². The van der Waals surface area contributed by atoms with Crippen molar-refractivity contribution >= 4 is 17.6 Å². The normalized spacial score (nSPS) is 14.0. The van der Waals surface area contributed by atoms with Gasteiger partial charge in [-0.1, -0.05) is 0 Å². The van der Waals surface area contributed by atoms with Gasteiger partial charge in [0.2, 0.25) is 0 Å². The highest BCUT2D eigenvalue weighted by Crippen LogP contribution is 2.19. The van der Waals surface area contributed by atoms with E-state index < -0.39 is 18.4 Å². The minimum Gasteiger partial charge on any atom is -0.494 e. The Morgan fingerprint density at radius 1 is 1.00 bits per heavy atom. The number of nitrogens with zero attached hydrogens (tertiary/aromatic N) is 2. The topological polar surface area (TPSA) is 59.1 Å². The van der Waals surface area contributed by atoms with Gasteiger partial charge in [-0.15, -0.1) is 0 Å². The molecule has 2 aromatic rings. The molecular weight excluding hydrogens is 370 g/mol. The molecule has 1 saturated heterocycles. The van der Waals surface area contributed by atoms with E-state index in [0.717, 1.165) is 11.8 Å². The second-order valence-corrected chi connectivity index (χ2v) is 6.27. The summed E-state index contributed by atoms with van der Waals surface area (Å²) >= 11 is 0. The van der Waals surface area contributed by atoms with Crippen molar-refractivity contribution < 1.29 is 27.8 Å². The number of amides is 1. The van der Waals surface area contributed by atoms with Crippen LogP contribution in [0.1, 0.15) is 10.4 Å². The Bertz CT molecular complexity index is 850. The molecule has 28 heavy (non-hydrogen) atoms. The lowest BCUT2D eigenvalue weighted by Gasteiger charge is -2.36. The molecule has 3 rings (SSSR count). The van der Waals surface area contributed by atoms with Crippen LogP contribution in [0.5, 0.6) is 5.75 Å². The number of hydrogen-bond acceptors (Lipinski definition) is 5. The number of piperazine rings is 1. The molecule has 0 saturated carbocycles. The minimum atomic E-state index is -0.778. The predicted molar refractivity (Wildman–Crippen MR) is 98.4 cm³/mol. The van der Waals surface area contributed by atoms with Gasteiger partial charge in [0.05, 0.1) is 12.7 Å². The molecule has 148 valence electrons. The summed E-state index contributed by atoms with van der Waals surface area (Å²) in [4.78, 5) is 27.9. The van der Waals surface area contributed by atoms with E-state index in [1.807, 2.05) is 0 Å². The maximum absolute atomic E-state index is 13.7. The van der Waals surface area contributed by atoms with Crippen LogP contribution in [-0.2, 0) is 9.53 Å². The lowest BCUT2D eigenvalue weighted by Crippen LogP contribution is -2.49. The minimum absolute atomic E-state index is 0.00669. The van der Waals surface area contributed by atoms with Crippen LogP contribution in [0, 0.1) is 11.6 Å². The van der Waals surface area contributed by atoms with Crippen molar-refractivity contribution in [3.05, 3.63) is 59.7 Å². The smallest absolute Gasteiger partial charge is 0.338 e.